The number of benzene rings is 1. The number of para-hydroxylation sites is 1. The molecule has 0 atom stereocenters. The van der Waals surface area contributed by atoms with Gasteiger partial charge < -0.3 is 9.52 Å². The number of aryl methyl sites for hydroxylation is 1. The van der Waals surface area contributed by atoms with Crippen molar-refractivity contribution in [3.05, 3.63) is 36.1 Å². The first kappa shape index (κ1) is 9.77. The Labute approximate surface area is 87.3 Å². The van der Waals surface area contributed by atoms with E-state index in [0.717, 1.165) is 23.0 Å². The summed E-state index contributed by atoms with van der Waals surface area (Å²) in [4.78, 5) is 10.4. The second kappa shape index (κ2) is 4.17. The number of aliphatic carboxylic acids is 1. The van der Waals surface area contributed by atoms with Crippen LogP contribution < -0.4 is 0 Å². The molecule has 3 nitrogen and oxygen atoms in total. The largest absolute Gasteiger partial charge is 0.481 e. The summed E-state index contributed by atoms with van der Waals surface area (Å²) >= 11 is 0. The van der Waals surface area contributed by atoms with Crippen LogP contribution in [0.5, 0.6) is 0 Å². The predicted molar refractivity (Wildman–Crippen MR) is 56.8 cm³/mol. The van der Waals surface area contributed by atoms with Gasteiger partial charge in [0, 0.05) is 11.8 Å². The number of hydrogen-bond acceptors (Lipinski definition) is 2. The zero-order valence-corrected chi connectivity index (χ0v) is 8.27. The van der Waals surface area contributed by atoms with E-state index in [1.165, 1.54) is 0 Å². The van der Waals surface area contributed by atoms with Crippen LogP contribution in [0.15, 0.2) is 34.9 Å². The van der Waals surface area contributed by atoms with Gasteiger partial charge in [0.1, 0.15) is 5.58 Å². The van der Waals surface area contributed by atoms with E-state index in [4.69, 9.17) is 9.52 Å². The van der Waals surface area contributed by atoms with Gasteiger partial charge in [-0.15, -0.1) is 0 Å². The van der Waals surface area contributed by atoms with E-state index in [0.29, 0.717) is 6.42 Å². The first-order valence-electron chi connectivity index (χ1n) is 4.94. The minimum Gasteiger partial charge on any atom is -0.481 e. The fourth-order valence-electron chi connectivity index (χ4n) is 1.66. The zero-order chi connectivity index (χ0) is 10.7. The Bertz CT molecular complexity index is 470. The number of carboxylic acids is 1. The molecule has 0 fully saturated rings. The van der Waals surface area contributed by atoms with Crippen LogP contribution in [0.1, 0.15) is 18.4 Å². The van der Waals surface area contributed by atoms with Crippen molar-refractivity contribution in [1.82, 2.24) is 0 Å². The van der Waals surface area contributed by atoms with Crippen LogP contribution in [0.2, 0.25) is 0 Å². The number of furan rings is 1. The lowest BCUT2D eigenvalue weighted by Crippen LogP contribution is -1.95. The normalized spacial score (nSPS) is 10.7. The molecule has 0 amide bonds. The van der Waals surface area contributed by atoms with Gasteiger partial charge in [-0.05, 0) is 24.5 Å². The van der Waals surface area contributed by atoms with Gasteiger partial charge in [-0.2, -0.15) is 0 Å². The van der Waals surface area contributed by atoms with Crippen LogP contribution in [0.25, 0.3) is 11.0 Å². The van der Waals surface area contributed by atoms with Crippen LogP contribution in [-0.2, 0) is 11.2 Å². The fourth-order valence-corrected chi connectivity index (χ4v) is 1.66. The summed E-state index contributed by atoms with van der Waals surface area (Å²) in [6.45, 7) is 0. The summed E-state index contributed by atoms with van der Waals surface area (Å²) in [6.07, 6.45) is 3.33. The average Bonchev–Trinajstić information content (AvgIpc) is 2.62. The SMILES string of the molecule is O=C(O)CCCc1coc2ccccc12. The Balaban J connectivity index is 2.11. The van der Waals surface area contributed by atoms with Crippen LogP contribution in [0, 0.1) is 0 Å². The van der Waals surface area contributed by atoms with Crippen molar-refractivity contribution in [2.45, 2.75) is 19.3 Å². The molecule has 0 saturated carbocycles. The minimum absolute atomic E-state index is 0.208. The molecule has 15 heavy (non-hydrogen) atoms. The van der Waals surface area contributed by atoms with Crippen molar-refractivity contribution in [1.29, 1.82) is 0 Å². The number of rotatable bonds is 4. The smallest absolute Gasteiger partial charge is 0.303 e. The van der Waals surface area contributed by atoms with E-state index in [-0.39, 0.29) is 6.42 Å². The van der Waals surface area contributed by atoms with E-state index in [9.17, 15) is 4.79 Å². The molecule has 0 bridgehead atoms. The molecule has 78 valence electrons. The minimum atomic E-state index is -0.747. The van der Waals surface area contributed by atoms with Gasteiger partial charge in [0.15, 0.2) is 0 Å². The molecular weight excluding hydrogens is 192 g/mol. The van der Waals surface area contributed by atoms with Crippen molar-refractivity contribution in [2.24, 2.45) is 0 Å². The molecule has 2 aromatic rings. The van der Waals surface area contributed by atoms with Gasteiger partial charge in [0.25, 0.3) is 0 Å². The van der Waals surface area contributed by atoms with E-state index < -0.39 is 5.97 Å². The quantitative estimate of drug-likeness (QED) is 0.833. The van der Waals surface area contributed by atoms with Gasteiger partial charge in [0.05, 0.1) is 6.26 Å². The molecule has 1 aromatic heterocycles. The molecule has 1 aromatic carbocycles. The lowest BCUT2D eigenvalue weighted by molar-refractivity contribution is -0.137. The topological polar surface area (TPSA) is 50.4 Å². The van der Waals surface area contributed by atoms with Crippen LogP contribution in [0.4, 0.5) is 0 Å². The van der Waals surface area contributed by atoms with Gasteiger partial charge in [-0.1, -0.05) is 18.2 Å². The van der Waals surface area contributed by atoms with E-state index in [1.54, 1.807) is 6.26 Å². The molecule has 1 heterocycles. The molecule has 0 radical (unpaired) electrons. The maximum Gasteiger partial charge on any atom is 0.303 e. The summed E-state index contributed by atoms with van der Waals surface area (Å²) in [7, 11) is 0. The molecule has 0 saturated heterocycles. The highest BCUT2D eigenvalue weighted by Crippen LogP contribution is 2.21. The van der Waals surface area contributed by atoms with Crippen LogP contribution >= 0.6 is 0 Å². The molecule has 3 heteroatoms. The lowest BCUT2D eigenvalue weighted by atomic mass is 10.1. The molecule has 0 aliphatic rings. The Kier molecular flexibility index (Phi) is 2.72. The molecular formula is C12H12O3. The van der Waals surface area contributed by atoms with Crippen molar-refractivity contribution in [3.63, 3.8) is 0 Å². The molecule has 0 aliphatic heterocycles. The monoisotopic (exact) mass is 204 g/mol. The highest BCUT2D eigenvalue weighted by molar-refractivity contribution is 5.80. The van der Waals surface area contributed by atoms with E-state index in [1.807, 2.05) is 24.3 Å². The third kappa shape index (κ3) is 2.18. The summed E-state index contributed by atoms with van der Waals surface area (Å²) in [5.41, 5.74) is 1.95. The van der Waals surface area contributed by atoms with Crippen molar-refractivity contribution >= 4 is 16.9 Å². The Morgan fingerprint density at radius 3 is 2.93 bits per heavy atom. The molecule has 2 rings (SSSR count). The van der Waals surface area contributed by atoms with Crippen LogP contribution in [0.3, 0.4) is 0 Å². The predicted octanol–water partition coefficient (Wildman–Crippen LogP) is 2.84. The third-order valence-corrected chi connectivity index (χ3v) is 2.40. The standard InChI is InChI=1S/C12H12O3/c13-12(14)7-3-4-9-8-15-11-6-2-1-5-10(9)11/h1-2,5-6,8H,3-4,7H2,(H,13,14). The number of carbonyl (C=O) groups is 1. The highest BCUT2D eigenvalue weighted by Gasteiger charge is 2.05. The van der Waals surface area contributed by atoms with Gasteiger partial charge in [0.2, 0.25) is 0 Å². The summed E-state index contributed by atoms with van der Waals surface area (Å²) in [5, 5.41) is 9.62. The van der Waals surface area contributed by atoms with E-state index >= 15 is 0 Å². The van der Waals surface area contributed by atoms with Gasteiger partial charge in [-0.25, -0.2) is 0 Å². The highest BCUT2D eigenvalue weighted by atomic mass is 16.4. The second-order valence-corrected chi connectivity index (χ2v) is 3.50. The molecule has 0 aliphatic carbocycles. The van der Waals surface area contributed by atoms with E-state index in [2.05, 4.69) is 0 Å². The zero-order valence-electron chi connectivity index (χ0n) is 8.27. The summed E-state index contributed by atoms with van der Waals surface area (Å²) in [6, 6.07) is 7.79. The molecule has 0 spiro atoms. The summed E-state index contributed by atoms with van der Waals surface area (Å²) < 4.78 is 5.36. The average molecular weight is 204 g/mol. The second-order valence-electron chi connectivity index (χ2n) is 3.50. The van der Waals surface area contributed by atoms with Crippen molar-refractivity contribution < 1.29 is 14.3 Å². The van der Waals surface area contributed by atoms with Gasteiger partial charge >= 0.3 is 5.97 Å². The number of carboxylic acid groups (broad SMARTS) is 1. The third-order valence-electron chi connectivity index (χ3n) is 2.40. The Morgan fingerprint density at radius 1 is 1.33 bits per heavy atom. The fraction of sp³-hybridized carbons (Fsp3) is 0.250. The maximum atomic E-state index is 10.4. The maximum absolute atomic E-state index is 10.4. The van der Waals surface area contributed by atoms with Crippen LogP contribution in [-0.4, -0.2) is 11.1 Å². The van der Waals surface area contributed by atoms with Gasteiger partial charge in [-0.3, -0.25) is 4.79 Å². The van der Waals surface area contributed by atoms with Crippen molar-refractivity contribution in [3.8, 4) is 0 Å². The number of hydrogen-bond donors (Lipinski definition) is 1. The number of fused-ring (bicyclic) bond motifs is 1. The molecule has 1 N–H and O–H groups in total. The first-order chi connectivity index (χ1) is 7.27. The molecule has 0 unspecified atom stereocenters. The van der Waals surface area contributed by atoms with Crippen molar-refractivity contribution in [2.75, 3.05) is 0 Å². The lowest BCUT2D eigenvalue weighted by Gasteiger charge is -1.95. The summed E-state index contributed by atoms with van der Waals surface area (Å²) in [5.74, 6) is -0.747. The Hall–Kier alpha value is -1.77. The first-order valence-corrected chi connectivity index (χ1v) is 4.94. The Morgan fingerprint density at radius 2 is 2.13 bits per heavy atom.